The molecular weight excluding hydrogens is 209 g/mol. The largest absolute Gasteiger partial charge is 0.468 e. The molecule has 0 heterocycles. The Morgan fingerprint density at radius 1 is 1.56 bits per heavy atom. The monoisotopic (exact) mass is 221 g/mol. The summed E-state index contributed by atoms with van der Waals surface area (Å²) in [5.41, 5.74) is 6.78. The number of rotatable bonds is 1. The number of carbonyl (C=O) groups excluding carboxylic acids is 1. The van der Waals surface area contributed by atoms with Gasteiger partial charge in [-0.05, 0) is 24.6 Å². The number of hydrogen-bond donors (Lipinski definition) is 1. The molecule has 0 fully saturated rings. The molecule has 0 amide bonds. The first-order valence-corrected chi connectivity index (χ1v) is 4.66. The number of nitrogen functional groups attached to an aromatic ring is 1. The van der Waals surface area contributed by atoms with Crippen LogP contribution in [0.4, 0.5) is 10.1 Å². The van der Waals surface area contributed by atoms with Crippen LogP contribution < -0.4 is 5.73 Å². The topological polar surface area (TPSA) is 52.3 Å². The molecule has 1 rings (SSSR count). The van der Waals surface area contributed by atoms with E-state index in [1.54, 1.807) is 6.92 Å². The van der Waals surface area contributed by atoms with Crippen molar-refractivity contribution in [2.24, 2.45) is 0 Å². The molecule has 0 atom stereocenters. The number of carbonyl (C=O) groups is 1. The van der Waals surface area contributed by atoms with E-state index in [4.69, 9.17) is 5.73 Å². The second kappa shape index (κ2) is 5.17. The number of hydrogen-bond acceptors (Lipinski definition) is 3. The molecule has 0 aliphatic rings. The van der Waals surface area contributed by atoms with Gasteiger partial charge < -0.3 is 10.5 Å². The van der Waals surface area contributed by atoms with Crippen LogP contribution in [0, 0.1) is 24.6 Å². The molecule has 0 radical (unpaired) electrons. The Hall–Kier alpha value is -2.02. The number of ether oxygens (including phenoxy) is 1. The molecule has 4 heteroatoms. The molecule has 0 spiro atoms. The molecule has 0 bridgehead atoms. The van der Waals surface area contributed by atoms with Crippen molar-refractivity contribution in [3.8, 4) is 11.8 Å². The van der Waals surface area contributed by atoms with Gasteiger partial charge in [-0.3, -0.25) is 4.79 Å². The van der Waals surface area contributed by atoms with Crippen LogP contribution in [0.5, 0.6) is 0 Å². The molecule has 0 aromatic heterocycles. The maximum atomic E-state index is 13.1. The second-order valence-corrected chi connectivity index (χ2v) is 3.24. The fourth-order valence-electron chi connectivity index (χ4n) is 1.12. The summed E-state index contributed by atoms with van der Waals surface area (Å²) >= 11 is 0. The van der Waals surface area contributed by atoms with Gasteiger partial charge in [0.05, 0.1) is 12.8 Å². The number of anilines is 1. The third kappa shape index (κ3) is 2.99. The maximum Gasteiger partial charge on any atom is 0.317 e. The van der Waals surface area contributed by atoms with E-state index in [-0.39, 0.29) is 12.1 Å². The van der Waals surface area contributed by atoms with Gasteiger partial charge in [-0.25, -0.2) is 4.39 Å². The van der Waals surface area contributed by atoms with Crippen molar-refractivity contribution < 1.29 is 13.9 Å². The van der Waals surface area contributed by atoms with Gasteiger partial charge in [-0.1, -0.05) is 11.8 Å². The van der Waals surface area contributed by atoms with E-state index in [0.29, 0.717) is 5.56 Å². The highest BCUT2D eigenvalue weighted by atomic mass is 19.1. The van der Waals surface area contributed by atoms with E-state index in [9.17, 15) is 9.18 Å². The summed E-state index contributed by atoms with van der Waals surface area (Å²) in [6.07, 6.45) is -0.0120. The quantitative estimate of drug-likeness (QED) is 0.445. The Balaban J connectivity index is 2.89. The van der Waals surface area contributed by atoms with E-state index in [1.807, 2.05) is 0 Å². The van der Waals surface area contributed by atoms with Crippen LogP contribution in [0.1, 0.15) is 17.5 Å². The molecule has 1 aromatic rings. The maximum absolute atomic E-state index is 13.1. The SMILES string of the molecule is COC(=O)CC#Cc1cc(F)c(N)cc1C. The van der Waals surface area contributed by atoms with Crippen molar-refractivity contribution in [1.82, 2.24) is 0 Å². The molecular formula is C12H12FNO2. The standard InChI is InChI=1S/C12H12FNO2/c1-8-6-11(14)10(13)7-9(8)4-3-5-12(15)16-2/h6-7H,5,14H2,1-2H3. The van der Waals surface area contributed by atoms with Gasteiger partial charge in [-0.15, -0.1) is 0 Å². The van der Waals surface area contributed by atoms with Gasteiger partial charge in [0.1, 0.15) is 12.2 Å². The fourth-order valence-corrected chi connectivity index (χ4v) is 1.12. The fraction of sp³-hybridized carbons (Fsp3) is 0.250. The minimum atomic E-state index is -0.507. The number of esters is 1. The lowest BCUT2D eigenvalue weighted by molar-refractivity contribution is -0.139. The van der Waals surface area contributed by atoms with Crippen LogP contribution in [-0.2, 0) is 9.53 Å². The first-order chi connectivity index (χ1) is 7.54. The van der Waals surface area contributed by atoms with Gasteiger partial charge in [0.25, 0.3) is 0 Å². The third-order valence-electron chi connectivity index (χ3n) is 2.03. The summed E-state index contributed by atoms with van der Waals surface area (Å²) in [5.74, 6) is 4.39. The van der Waals surface area contributed by atoms with Crippen molar-refractivity contribution >= 4 is 11.7 Å². The van der Waals surface area contributed by atoms with Gasteiger partial charge in [0.15, 0.2) is 0 Å². The zero-order valence-corrected chi connectivity index (χ0v) is 9.13. The van der Waals surface area contributed by atoms with Gasteiger partial charge in [-0.2, -0.15) is 0 Å². The summed E-state index contributed by atoms with van der Waals surface area (Å²) in [7, 11) is 1.29. The molecule has 0 saturated heterocycles. The van der Waals surface area contributed by atoms with Crippen molar-refractivity contribution in [3.63, 3.8) is 0 Å². The first kappa shape index (κ1) is 12.1. The highest BCUT2D eigenvalue weighted by molar-refractivity contribution is 5.72. The lowest BCUT2D eigenvalue weighted by Gasteiger charge is -2.01. The Morgan fingerprint density at radius 3 is 2.88 bits per heavy atom. The van der Waals surface area contributed by atoms with Crippen LogP contribution in [-0.4, -0.2) is 13.1 Å². The van der Waals surface area contributed by atoms with Crippen molar-refractivity contribution in [1.29, 1.82) is 0 Å². The zero-order chi connectivity index (χ0) is 12.1. The van der Waals surface area contributed by atoms with Crippen LogP contribution >= 0.6 is 0 Å². The van der Waals surface area contributed by atoms with Crippen LogP contribution in [0.2, 0.25) is 0 Å². The summed E-state index contributed by atoms with van der Waals surface area (Å²) < 4.78 is 17.6. The van der Waals surface area contributed by atoms with Crippen LogP contribution in [0.25, 0.3) is 0 Å². The number of aryl methyl sites for hydroxylation is 1. The molecule has 3 nitrogen and oxygen atoms in total. The van der Waals surface area contributed by atoms with E-state index in [1.165, 1.54) is 19.2 Å². The first-order valence-electron chi connectivity index (χ1n) is 4.66. The predicted octanol–water partition coefficient (Wildman–Crippen LogP) is 1.63. The van der Waals surface area contributed by atoms with E-state index >= 15 is 0 Å². The summed E-state index contributed by atoms with van der Waals surface area (Å²) in [4.78, 5) is 10.8. The molecule has 0 unspecified atom stereocenters. The average molecular weight is 221 g/mol. The molecule has 1 aromatic carbocycles. The predicted molar refractivity (Wildman–Crippen MR) is 59.1 cm³/mol. The third-order valence-corrected chi connectivity index (χ3v) is 2.03. The van der Waals surface area contributed by atoms with E-state index in [2.05, 4.69) is 16.6 Å². The van der Waals surface area contributed by atoms with Crippen molar-refractivity contribution in [2.75, 3.05) is 12.8 Å². The highest BCUT2D eigenvalue weighted by Crippen LogP contribution is 2.16. The Morgan fingerprint density at radius 2 is 2.25 bits per heavy atom. The lowest BCUT2D eigenvalue weighted by Crippen LogP contribution is -1.97. The Bertz CT molecular complexity index is 472. The molecule has 0 saturated carbocycles. The zero-order valence-electron chi connectivity index (χ0n) is 9.13. The number of methoxy groups -OCH3 is 1. The van der Waals surface area contributed by atoms with Crippen molar-refractivity contribution in [2.45, 2.75) is 13.3 Å². The molecule has 16 heavy (non-hydrogen) atoms. The Kier molecular flexibility index (Phi) is 3.90. The number of halogens is 1. The normalized spacial score (nSPS) is 9.19. The smallest absolute Gasteiger partial charge is 0.317 e. The lowest BCUT2D eigenvalue weighted by atomic mass is 10.1. The summed E-state index contributed by atoms with van der Waals surface area (Å²) in [5, 5.41) is 0. The molecule has 2 N–H and O–H groups in total. The van der Waals surface area contributed by atoms with Gasteiger partial charge in [0.2, 0.25) is 0 Å². The average Bonchev–Trinajstić information content (AvgIpc) is 2.25. The molecule has 84 valence electrons. The Labute approximate surface area is 93.4 Å². The van der Waals surface area contributed by atoms with Crippen LogP contribution in [0.3, 0.4) is 0 Å². The minimum absolute atomic E-state index is 0.0120. The highest BCUT2D eigenvalue weighted by Gasteiger charge is 2.02. The van der Waals surface area contributed by atoms with Gasteiger partial charge >= 0.3 is 5.97 Å². The summed E-state index contributed by atoms with van der Waals surface area (Å²) in [6, 6.07) is 2.77. The van der Waals surface area contributed by atoms with E-state index < -0.39 is 11.8 Å². The van der Waals surface area contributed by atoms with Gasteiger partial charge in [0, 0.05) is 5.56 Å². The minimum Gasteiger partial charge on any atom is -0.468 e. The van der Waals surface area contributed by atoms with Crippen LogP contribution in [0.15, 0.2) is 12.1 Å². The number of benzene rings is 1. The second-order valence-electron chi connectivity index (χ2n) is 3.24. The summed E-state index contributed by atoms with van der Waals surface area (Å²) in [6.45, 7) is 1.78. The number of nitrogens with two attached hydrogens (primary N) is 1. The van der Waals surface area contributed by atoms with E-state index in [0.717, 1.165) is 5.56 Å². The van der Waals surface area contributed by atoms with Crippen molar-refractivity contribution in [3.05, 3.63) is 29.1 Å². The molecule has 0 aliphatic heterocycles. The molecule has 0 aliphatic carbocycles.